The number of primary sulfonamides is 1. The third-order valence-electron chi connectivity index (χ3n) is 4.47. The van der Waals surface area contributed by atoms with Gasteiger partial charge in [0.2, 0.25) is 5.09 Å². The van der Waals surface area contributed by atoms with Gasteiger partial charge in [-0.25, -0.2) is 17.9 Å². The predicted octanol–water partition coefficient (Wildman–Crippen LogP) is 2.73. The van der Waals surface area contributed by atoms with Gasteiger partial charge in [0, 0.05) is 0 Å². The van der Waals surface area contributed by atoms with E-state index < -0.39 is 21.0 Å². The van der Waals surface area contributed by atoms with Crippen molar-refractivity contribution in [1.82, 2.24) is 5.32 Å². The molecule has 0 bridgehead atoms. The molecule has 0 aliphatic heterocycles. The largest absolute Gasteiger partial charge is 0.438 e. The highest BCUT2D eigenvalue weighted by Gasteiger charge is 2.29. The van der Waals surface area contributed by atoms with Gasteiger partial charge in [0.1, 0.15) is 5.82 Å². The number of rotatable bonds is 5. The molecule has 3 N–H and O–H groups in total. The Hall–Kier alpha value is -2.19. The fourth-order valence-electron chi connectivity index (χ4n) is 3.24. The van der Waals surface area contributed by atoms with Gasteiger partial charge in [-0.3, -0.25) is 4.79 Å². The summed E-state index contributed by atoms with van der Waals surface area (Å²) in [6.45, 7) is 0. The molecule has 1 aromatic heterocycles. The SMILES string of the molecule is NS(=O)(=O)c1ccc(C(=O)N[C@H](c2ccc(F)cc2)C2CCCC2)o1. The predicted molar refractivity (Wildman–Crippen MR) is 88.6 cm³/mol. The Morgan fingerprint density at radius 1 is 1.16 bits per heavy atom. The van der Waals surface area contributed by atoms with Gasteiger partial charge in [0.25, 0.3) is 15.9 Å². The summed E-state index contributed by atoms with van der Waals surface area (Å²) in [6, 6.07) is 8.13. The lowest BCUT2D eigenvalue weighted by Crippen LogP contribution is -2.32. The van der Waals surface area contributed by atoms with Crippen molar-refractivity contribution in [2.24, 2.45) is 11.1 Å². The zero-order valence-electron chi connectivity index (χ0n) is 13.4. The summed E-state index contributed by atoms with van der Waals surface area (Å²) in [5.41, 5.74) is 0.805. The van der Waals surface area contributed by atoms with Gasteiger partial charge >= 0.3 is 0 Å². The molecule has 6 nitrogen and oxygen atoms in total. The summed E-state index contributed by atoms with van der Waals surface area (Å²) in [6.07, 6.45) is 4.08. The summed E-state index contributed by atoms with van der Waals surface area (Å²) in [7, 11) is -4.00. The minimum atomic E-state index is -4.00. The quantitative estimate of drug-likeness (QED) is 0.849. The van der Waals surface area contributed by atoms with Crippen molar-refractivity contribution in [3.05, 3.63) is 53.5 Å². The van der Waals surface area contributed by atoms with Crippen molar-refractivity contribution in [2.75, 3.05) is 0 Å². The van der Waals surface area contributed by atoms with E-state index in [1.807, 2.05) is 0 Å². The van der Waals surface area contributed by atoms with E-state index in [1.165, 1.54) is 18.2 Å². The molecule has 1 amide bonds. The molecule has 0 radical (unpaired) electrons. The number of hydrogen-bond acceptors (Lipinski definition) is 4. The zero-order chi connectivity index (χ0) is 18.0. The smallest absolute Gasteiger partial charge is 0.287 e. The second-order valence-corrected chi connectivity index (χ2v) is 7.70. The molecule has 25 heavy (non-hydrogen) atoms. The molecule has 3 rings (SSSR count). The Morgan fingerprint density at radius 3 is 2.36 bits per heavy atom. The fourth-order valence-corrected chi connectivity index (χ4v) is 3.71. The molecule has 0 spiro atoms. The second-order valence-electron chi connectivity index (χ2n) is 6.21. The lowest BCUT2D eigenvalue weighted by atomic mass is 9.91. The Morgan fingerprint density at radius 2 is 1.80 bits per heavy atom. The Balaban J connectivity index is 1.83. The van der Waals surface area contributed by atoms with Crippen molar-refractivity contribution in [3.8, 4) is 0 Å². The van der Waals surface area contributed by atoms with Crippen LogP contribution in [-0.2, 0) is 10.0 Å². The van der Waals surface area contributed by atoms with E-state index in [0.29, 0.717) is 0 Å². The molecule has 1 aliphatic rings. The van der Waals surface area contributed by atoms with Crippen molar-refractivity contribution in [3.63, 3.8) is 0 Å². The summed E-state index contributed by atoms with van der Waals surface area (Å²) in [4.78, 5) is 12.5. The lowest BCUT2D eigenvalue weighted by molar-refractivity contribution is 0.0888. The van der Waals surface area contributed by atoms with Crippen molar-refractivity contribution >= 4 is 15.9 Å². The van der Waals surface area contributed by atoms with Gasteiger partial charge in [-0.15, -0.1) is 0 Å². The number of carbonyl (C=O) groups excluding carboxylic acids is 1. The number of nitrogens with one attached hydrogen (secondary N) is 1. The van der Waals surface area contributed by atoms with Crippen LogP contribution in [0.25, 0.3) is 0 Å². The molecule has 1 aromatic carbocycles. The van der Waals surface area contributed by atoms with Crippen LogP contribution in [0.2, 0.25) is 0 Å². The van der Waals surface area contributed by atoms with Crippen LogP contribution in [0.5, 0.6) is 0 Å². The monoisotopic (exact) mass is 366 g/mol. The third-order valence-corrected chi connectivity index (χ3v) is 5.25. The van der Waals surface area contributed by atoms with E-state index in [0.717, 1.165) is 37.3 Å². The molecule has 134 valence electrons. The summed E-state index contributed by atoms with van der Waals surface area (Å²) < 4.78 is 40.8. The Labute approximate surface area is 145 Å². The van der Waals surface area contributed by atoms with E-state index >= 15 is 0 Å². The average molecular weight is 366 g/mol. The molecule has 2 aromatic rings. The molecule has 1 atom stereocenters. The average Bonchev–Trinajstić information content (AvgIpc) is 3.24. The van der Waals surface area contributed by atoms with Crippen molar-refractivity contribution in [1.29, 1.82) is 0 Å². The molecule has 8 heteroatoms. The molecule has 0 unspecified atom stereocenters. The van der Waals surface area contributed by atoms with Crippen LogP contribution in [0.4, 0.5) is 4.39 Å². The molecular weight excluding hydrogens is 347 g/mol. The highest BCUT2D eigenvalue weighted by molar-refractivity contribution is 7.89. The fraction of sp³-hybridized carbons (Fsp3) is 0.353. The van der Waals surface area contributed by atoms with Gasteiger partial charge in [0.05, 0.1) is 6.04 Å². The second kappa shape index (κ2) is 6.97. The standard InChI is InChI=1S/C17H19FN2O4S/c18-13-7-5-12(6-8-13)16(11-3-1-2-4-11)20-17(21)14-9-10-15(24-14)25(19,22)23/h5-11,16H,1-4H2,(H,20,21)(H2,19,22,23)/t16-/m0/s1. The van der Waals surface area contributed by atoms with Crippen LogP contribution in [0.1, 0.15) is 47.8 Å². The van der Waals surface area contributed by atoms with Gasteiger partial charge in [0.15, 0.2) is 5.76 Å². The minimum absolute atomic E-state index is 0.130. The molecule has 1 heterocycles. The van der Waals surface area contributed by atoms with E-state index in [9.17, 15) is 17.6 Å². The van der Waals surface area contributed by atoms with Crippen LogP contribution in [-0.4, -0.2) is 14.3 Å². The molecule has 1 aliphatic carbocycles. The summed E-state index contributed by atoms with van der Waals surface area (Å²) >= 11 is 0. The number of sulfonamides is 1. The van der Waals surface area contributed by atoms with Crippen molar-refractivity contribution in [2.45, 2.75) is 36.8 Å². The van der Waals surface area contributed by atoms with Crippen LogP contribution >= 0.6 is 0 Å². The first kappa shape index (κ1) is 17.6. The topological polar surface area (TPSA) is 102 Å². The van der Waals surface area contributed by atoms with Gasteiger partial charge < -0.3 is 9.73 Å². The van der Waals surface area contributed by atoms with E-state index in [-0.39, 0.29) is 23.5 Å². The number of amides is 1. The van der Waals surface area contributed by atoms with E-state index in [2.05, 4.69) is 5.32 Å². The Bertz CT molecular complexity index is 855. The number of carbonyl (C=O) groups is 1. The number of hydrogen-bond donors (Lipinski definition) is 2. The third kappa shape index (κ3) is 4.08. The molecule has 0 saturated heterocycles. The first-order valence-corrected chi connectivity index (χ1v) is 9.58. The maximum Gasteiger partial charge on any atom is 0.287 e. The van der Waals surface area contributed by atoms with E-state index in [4.69, 9.17) is 9.56 Å². The first-order valence-electron chi connectivity index (χ1n) is 8.03. The highest BCUT2D eigenvalue weighted by Crippen LogP contribution is 2.36. The molecular formula is C17H19FN2O4S. The van der Waals surface area contributed by atoms with Gasteiger partial charge in [-0.1, -0.05) is 25.0 Å². The highest BCUT2D eigenvalue weighted by atomic mass is 32.2. The van der Waals surface area contributed by atoms with Crippen LogP contribution in [0, 0.1) is 11.7 Å². The Kier molecular flexibility index (Phi) is 4.91. The number of nitrogens with two attached hydrogens (primary N) is 1. The maximum atomic E-state index is 13.2. The summed E-state index contributed by atoms with van der Waals surface area (Å²) in [5.74, 6) is -0.767. The summed E-state index contributed by atoms with van der Waals surface area (Å²) in [5, 5.41) is 7.41. The number of benzene rings is 1. The minimum Gasteiger partial charge on any atom is -0.438 e. The number of halogens is 1. The van der Waals surface area contributed by atoms with Gasteiger partial charge in [-0.05, 0) is 48.6 Å². The number of furan rings is 1. The molecule has 1 fully saturated rings. The normalized spacial score (nSPS) is 16.7. The van der Waals surface area contributed by atoms with Crippen LogP contribution in [0.15, 0.2) is 45.9 Å². The molecule has 1 saturated carbocycles. The zero-order valence-corrected chi connectivity index (χ0v) is 14.3. The van der Waals surface area contributed by atoms with Gasteiger partial charge in [-0.2, -0.15) is 0 Å². The van der Waals surface area contributed by atoms with Crippen LogP contribution < -0.4 is 10.5 Å². The maximum absolute atomic E-state index is 13.2. The van der Waals surface area contributed by atoms with E-state index in [1.54, 1.807) is 12.1 Å². The lowest BCUT2D eigenvalue weighted by Gasteiger charge is -2.25. The van der Waals surface area contributed by atoms with Crippen molar-refractivity contribution < 1.29 is 22.0 Å². The van der Waals surface area contributed by atoms with Crippen LogP contribution in [0.3, 0.4) is 0 Å². The first-order chi connectivity index (χ1) is 11.8.